The molecule has 1 N–H and O–H groups in total. The van der Waals surface area contributed by atoms with Gasteiger partial charge >= 0.3 is 51.4 Å². The third-order valence-corrected chi connectivity index (χ3v) is 6.21. The summed E-state index contributed by atoms with van der Waals surface area (Å²) in [7, 11) is -4.30. The molecule has 2 unspecified atom stereocenters. The fraction of sp³-hybridized carbons (Fsp3) is 1.00. The van der Waals surface area contributed by atoms with E-state index in [4.69, 9.17) is 0 Å². The zero-order chi connectivity index (χ0) is 19.0. The molecule has 0 rings (SSSR count). The molecule has 0 aliphatic heterocycles. The van der Waals surface area contributed by atoms with Crippen LogP contribution in [0.5, 0.6) is 0 Å². The Balaban J connectivity index is 0. The Morgan fingerprint density at radius 3 is 1.58 bits per heavy atom. The minimum absolute atomic E-state index is 0. The Morgan fingerprint density at radius 1 is 0.731 bits per heavy atom. The number of aliphatic hydroxyl groups excluding tert-OH is 1. The van der Waals surface area contributed by atoms with E-state index in [1.807, 2.05) is 6.92 Å². The Kier molecular flexibility index (Phi) is 22.6. The molecule has 0 aromatic heterocycles. The van der Waals surface area contributed by atoms with E-state index in [1.165, 1.54) is 51.4 Å². The summed E-state index contributed by atoms with van der Waals surface area (Å²) in [6, 6.07) is 0. The van der Waals surface area contributed by atoms with Crippen LogP contribution in [0.3, 0.4) is 0 Å². The maximum Gasteiger partial charge on any atom is 1.00 e. The normalized spacial score (nSPS) is 14.0. The summed E-state index contributed by atoms with van der Waals surface area (Å²) in [5.41, 5.74) is 0. The molecule has 0 saturated heterocycles. The van der Waals surface area contributed by atoms with Crippen LogP contribution in [0.2, 0.25) is 0 Å². The Morgan fingerprint density at radius 2 is 1.12 bits per heavy atom. The van der Waals surface area contributed by atoms with E-state index in [9.17, 15) is 18.1 Å². The minimum atomic E-state index is -4.30. The standard InChI is InChI=1S/C20H42O4S.K/c1-3-5-7-8-9-10-11-12-13-15-16-19(21)18-20(25(22,23)24)17-14-6-4-2;/h19-21H,3-18H2,1-2H3,(H,22,23,24);/q;+1/p-1. The molecule has 0 aliphatic carbocycles. The second-order valence-corrected chi connectivity index (χ2v) is 9.12. The molecule has 0 spiro atoms. The van der Waals surface area contributed by atoms with E-state index in [1.54, 1.807) is 0 Å². The predicted octanol–water partition coefficient (Wildman–Crippen LogP) is 2.55. The molecule has 6 heteroatoms. The maximum absolute atomic E-state index is 11.3. The van der Waals surface area contributed by atoms with Crippen LogP contribution in [0, 0.1) is 0 Å². The third-order valence-electron chi connectivity index (χ3n) is 4.96. The van der Waals surface area contributed by atoms with Gasteiger partial charge in [-0.25, -0.2) is 8.42 Å². The summed E-state index contributed by atoms with van der Waals surface area (Å²) < 4.78 is 34.0. The van der Waals surface area contributed by atoms with Crippen molar-refractivity contribution >= 4 is 10.1 Å². The molecule has 0 saturated carbocycles. The van der Waals surface area contributed by atoms with Gasteiger partial charge in [0.05, 0.1) is 21.5 Å². The van der Waals surface area contributed by atoms with Crippen molar-refractivity contribution in [2.75, 3.05) is 0 Å². The first-order valence-corrected chi connectivity index (χ1v) is 12.0. The molecule has 0 radical (unpaired) electrons. The topological polar surface area (TPSA) is 77.4 Å². The Hall–Kier alpha value is 1.51. The van der Waals surface area contributed by atoms with Gasteiger partial charge in [-0.1, -0.05) is 97.3 Å². The summed E-state index contributed by atoms with van der Waals surface area (Å²) in [4.78, 5) is 0. The van der Waals surface area contributed by atoms with E-state index in [-0.39, 0.29) is 57.8 Å². The second-order valence-electron chi connectivity index (χ2n) is 7.47. The minimum Gasteiger partial charge on any atom is -0.748 e. The molecular formula is C20H41KO4S. The summed E-state index contributed by atoms with van der Waals surface area (Å²) in [5, 5.41) is 9.14. The molecule has 0 bridgehead atoms. The van der Waals surface area contributed by atoms with Gasteiger partial charge in [0.15, 0.2) is 0 Å². The Bertz CT molecular complexity index is 387. The van der Waals surface area contributed by atoms with Gasteiger partial charge in [0.2, 0.25) is 0 Å². The number of rotatable bonds is 18. The van der Waals surface area contributed by atoms with E-state index in [2.05, 4.69) is 6.92 Å². The molecule has 0 amide bonds. The SMILES string of the molecule is CCCCCCCCCCCCC(O)CC(CCCCC)S(=O)(=O)[O-].[K+]. The molecule has 0 aromatic carbocycles. The van der Waals surface area contributed by atoms with E-state index in [0.29, 0.717) is 12.8 Å². The number of hydrogen-bond acceptors (Lipinski definition) is 4. The van der Waals surface area contributed by atoms with E-state index in [0.717, 1.165) is 32.1 Å². The number of hydrogen-bond donors (Lipinski definition) is 1. The second kappa shape index (κ2) is 19.8. The van der Waals surface area contributed by atoms with Crippen molar-refractivity contribution in [3.63, 3.8) is 0 Å². The van der Waals surface area contributed by atoms with Crippen molar-refractivity contribution in [1.82, 2.24) is 0 Å². The molecule has 0 heterocycles. The van der Waals surface area contributed by atoms with Crippen molar-refractivity contribution in [1.29, 1.82) is 0 Å². The van der Waals surface area contributed by atoms with Gasteiger partial charge in [-0.05, 0) is 19.3 Å². The van der Waals surface area contributed by atoms with Crippen LogP contribution in [0.1, 0.15) is 117 Å². The largest absolute Gasteiger partial charge is 1.00 e. The maximum atomic E-state index is 11.3. The van der Waals surface area contributed by atoms with Crippen molar-refractivity contribution in [2.45, 2.75) is 128 Å². The molecule has 26 heavy (non-hydrogen) atoms. The van der Waals surface area contributed by atoms with Gasteiger partial charge in [-0.2, -0.15) is 0 Å². The fourth-order valence-electron chi connectivity index (χ4n) is 3.29. The van der Waals surface area contributed by atoms with Crippen LogP contribution in [0.4, 0.5) is 0 Å². The van der Waals surface area contributed by atoms with Crippen LogP contribution in [-0.4, -0.2) is 29.4 Å². The number of unbranched alkanes of at least 4 members (excludes halogenated alkanes) is 11. The van der Waals surface area contributed by atoms with Gasteiger partial charge < -0.3 is 9.66 Å². The van der Waals surface area contributed by atoms with Crippen molar-refractivity contribution in [3.8, 4) is 0 Å². The van der Waals surface area contributed by atoms with Gasteiger partial charge in [-0.3, -0.25) is 0 Å². The Labute approximate surface area is 205 Å². The van der Waals surface area contributed by atoms with Gasteiger partial charge in [0, 0.05) is 0 Å². The van der Waals surface area contributed by atoms with Crippen LogP contribution in [0.25, 0.3) is 0 Å². The van der Waals surface area contributed by atoms with Crippen LogP contribution >= 0.6 is 0 Å². The van der Waals surface area contributed by atoms with Gasteiger partial charge in [0.25, 0.3) is 0 Å². The predicted molar refractivity (Wildman–Crippen MR) is 105 cm³/mol. The molecule has 2 atom stereocenters. The summed E-state index contributed by atoms with van der Waals surface area (Å²) >= 11 is 0. The zero-order valence-corrected chi connectivity index (χ0v) is 21.5. The first-order chi connectivity index (χ1) is 11.9. The van der Waals surface area contributed by atoms with Crippen molar-refractivity contribution < 1.29 is 69.5 Å². The van der Waals surface area contributed by atoms with Crippen LogP contribution in [0.15, 0.2) is 0 Å². The summed E-state index contributed by atoms with van der Waals surface area (Å²) in [5.74, 6) is 0. The average Bonchev–Trinajstić information content (AvgIpc) is 2.55. The molecular weight excluding hydrogens is 375 g/mol. The quantitative estimate of drug-likeness (QED) is 0.212. The zero-order valence-electron chi connectivity index (χ0n) is 17.5. The van der Waals surface area contributed by atoms with Gasteiger partial charge in [0.1, 0.15) is 0 Å². The van der Waals surface area contributed by atoms with Gasteiger partial charge in [-0.15, -0.1) is 0 Å². The molecule has 0 fully saturated rings. The van der Waals surface area contributed by atoms with Crippen molar-refractivity contribution in [2.24, 2.45) is 0 Å². The molecule has 152 valence electrons. The number of aliphatic hydroxyl groups is 1. The van der Waals surface area contributed by atoms with E-state index < -0.39 is 21.5 Å². The average molecular weight is 417 g/mol. The molecule has 0 aromatic rings. The molecule has 4 nitrogen and oxygen atoms in total. The first-order valence-electron chi connectivity index (χ1n) is 10.5. The first kappa shape index (κ1) is 29.7. The van der Waals surface area contributed by atoms with E-state index >= 15 is 0 Å². The van der Waals surface area contributed by atoms with Crippen LogP contribution in [-0.2, 0) is 10.1 Å². The van der Waals surface area contributed by atoms with Crippen LogP contribution < -0.4 is 51.4 Å². The van der Waals surface area contributed by atoms with Crippen molar-refractivity contribution in [3.05, 3.63) is 0 Å². The summed E-state index contributed by atoms with van der Waals surface area (Å²) in [6.07, 6.45) is 15.5. The monoisotopic (exact) mass is 416 g/mol. The molecule has 0 aliphatic rings. The summed E-state index contributed by atoms with van der Waals surface area (Å²) in [6.45, 7) is 4.27. The smallest absolute Gasteiger partial charge is 0.748 e. The fourth-order valence-corrected chi connectivity index (χ4v) is 4.20. The third kappa shape index (κ3) is 18.9.